The van der Waals surface area contributed by atoms with E-state index in [4.69, 9.17) is 27.9 Å². The van der Waals surface area contributed by atoms with Gasteiger partial charge in [-0.05, 0) is 54.7 Å². The van der Waals surface area contributed by atoms with E-state index < -0.39 is 11.9 Å². The Kier molecular flexibility index (Phi) is 8.38. The summed E-state index contributed by atoms with van der Waals surface area (Å²) in [5.74, 6) is -1.76. The molecule has 0 aromatic heterocycles. The van der Waals surface area contributed by atoms with E-state index in [1.165, 1.54) is 0 Å². The van der Waals surface area contributed by atoms with Gasteiger partial charge >= 0.3 is 5.97 Å². The topological polar surface area (TPSA) is 87.7 Å². The van der Waals surface area contributed by atoms with Crippen molar-refractivity contribution in [3.63, 3.8) is 0 Å². The van der Waals surface area contributed by atoms with E-state index in [1.807, 2.05) is 36.4 Å². The zero-order valence-electron chi connectivity index (χ0n) is 19.8. The van der Waals surface area contributed by atoms with Crippen molar-refractivity contribution in [1.29, 1.82) is 0 Å². The largest absolute Gasteiger partial charge is 0.481 e. The van der Waals surface area contributed by atoms with Crippen molar-refractivity contribution in [3.05, 3.63) is 69.7 Å². The molecule has 3 N–H and O–H groups in total. The Morgan fingerprint density at radius 1 is 1.17 bits per heavy atom. The number of nitrogens with one attached hydrogen (secondary N) is 2. The Hall–Kier alpha value is -2.12. The van der Waals surface area contributed by atoms with E-state index in [0.717, 1.165) is 30.6 Å². The van der Waals surface area contributed by atoms with Gasteiger partial charge in [0.05, 0.1) is 19.1 Å². The minimum atomic E-state index is -0.967. The molecule has 188 valence electrons. The number of halogens is 2. The molecule has 35 heavy (non-hydrogen) atoms. The molecule has 0 aliphatic carbocycles. The lowest BCUT2D eigenvalue weighted by Crippen LogP contribution is -2.52. The van der Waals surface area contributed by atoms with Gasteiger partial charge in [0, 0.05) is 46.4 Å². The van der Waals surface area contributed by atoms with Crippen molar-refractivity contribution in [2.24, 2.45) is 5.92 Å². The number of benzene rings is 2. The van der Waals surface area contributed by atoms with Crippen molar-refractivity contribution in [2.75, 3.05) is 19.7 Å². The molecule has 8 heteroatoms. The van der Waals surface area contributed by atoms with Gasteiger partial charge in [-0.15, -0.1) is 0 Å². The molecule has 0 bridgehead atoms. The molecule has 2 fully saturated rings. The highest BCUT2D eigenvalue weighted by Crippen LogP contribution is 2.40. The highest BCUT2D eigenvalue weighted by Gasteiger charge is 2.42. The maximum atomic E-state index is 12.9. The SMILES string of the molecule is C[C@@](CC[C@@H]1NC(=O)[C@@H](CC(=O)O)C[C@@H]1c1cccc(Cl)c1)(c1ccc(Cl)cc1)[C@H]1CNCCO1. The first kappa shape index (κ1) is 26.0. The first-order valence-electron chi connectivity index (χ1n) is 12.1. The number of ether oxygens (including phenoxy) is 1. The maximum absolute atomic E-state index is 12.9. The zero-order chi connectivity index (χ0) is 25.0. The van der Waals surface area contributed by atoms with Crippen molar-refractivity contribution in [3.8, 4) is 0 Å². The third-order valence-corrected chi connectivity index (χ3v) is 8.02. The van der Waals surface area contributed by atoms with Gasteiger partial charge in [0.1, 0.15) is 0 Å². The Labute approximate surface area is 216 Å². The van der Waals surface area contributed by atoms with Gasteiger partial charge in [-0.1, -0.05) is 54.4 Å². The van der Waals surface area contributed by atoms with Gasteiger partial charge in [-0.3, -0.25) is 9.59 Å². The van der Waals surface area contributed by atoms with Crippen molar-refractivity contribution >= 4 is 35.1 Å². The van der Waals surface area contributed by atoms with Crippen molar-refractivity contribution < 1.29 is 19.4 Å². The fraction of sp³-hybridized carbons (Fsp3) is 0.481. The molecule has 2 aliphatic heterocycles. The normalized spacial score (nSPS) is 26.5. The average molecular weight is 519 g/mol. The van der Waals surface area contributed by atoms with Crippen molar-refractivity contribution in [2.45, 2.75) is 56.1 Å². The summed E-state index contributed by atoms with van der Waals surface area (Å²) in [6, 6.07) is 15.4. The number of hydrogen-bond donors (Lipinski definition) is 3. The molecular weight excluding hydrogens is 487 g/mol. The standard InChI is InChI=1S/C27H32Cl2N2O4/c1-27(24-16-30-11-12-35-24,19-5-7-20(28)8-6-19)10-9-23-22(17-3-2-4-21(29)13-17)14-18(15-25(32)33)26(34)31-23/h2-8,13,18,22-24,30H,9-12,14-16H2,1H3,(H,31,34)(H,32,33)/t18-,22-,23+,24-,27-/m1/s1. The minimum absolute atomic E-state index is 0.0268. The summed E-state index contributed by atoms with van der Waals surface area (Å²) >= 11 is 12.5. The quantitative estimate of drug-likeness (QED) is 0.467. The molecular formula is C27H32Cl2N2O4. The van der Waals surface area contributed by atoms with Crippen LogP contribution in [0, 0.1) is 5.92 Å². The first-order chi connectivity index (χ1) is 16.8. The van der Waals surface area contributed by atoms with Gasteiger partial charge < -0.3 is 20.5 Å². The van der Waals surface area contributed by atoms with Gasteiger partial charge in [0.25, 0.3) is 0 Å². The predicted octanol–water partition coefficient (Wildman–Crippen LogP) is 4.78. The molecule has 0 saturated carbocycles. The van der Waals surface area contributed by atoms with Crippen LogP contribution in [0.5, 0.6) is 0 Å². The highest BCUT2D eigenvalue weighted by atomic mass is 35.5. The van der Waals surface area contributed by atoms with Crippen LogP contribution in [0.1, 0.15) is 49.7 Å². The van der Waals surface area contributed by atoms with Crippen LogP contribution >= 0.6 is 23.2 Å². The highest BCUT2D eigenvalue weighted by molar-refractivity contribution is 6.30. The predicted molar refractivity (Wildman–Crippen MR) is 137 cm³/mol. The summed E-state index contributed by atoms with van der Waals surface area (Å²) in [7, 11) is 0. The summed E-state index contributed by atoms with van der Waals surface area (Å²) in [5.41, 5.74) is 1.85. The number of carbonyl (C=O) groups excluding carboxylic acids is 1. The molecule has 2 aromatic carbocycles. The minimum Gasteiger partial charge on any atom is -0.481 e. The number of aliphatic carboxylic acids is 1. The second-order valence-electron chi connectivity index (χ2n) is 9.83. The number of carbonyl (C=O) groups is 2. The monoisotopic (exact) mass is 518 g/mol. The molecule has 4 rings (SSSR count). The smallest absolute Gasteiger partial charge is 0.304 e. The Morgan fingerprint density at radius 2 is 1.94 bits per heavy atom. The van der Waals surface area contributed by atoms with E-state index in [0.29, 0.717) is 29.5 Å². The Bertz CT molecular complexity index is 1040. The van der Waals surface area contributed by atoms with E-state index >= 15 is 0 Å². The summed E-state index contributed by atoms with van der Waals surface area (Å²) in [6.45, 7) is 4.43. The van der Waals surface area contributed by atoms with Gasteiger partial charge in [0.15, 0.2) is 0 Å². The third kappa shape index (κ3) is 6.18. The molecule has 0 unspecified atom stereocenters. The van der Waals surface area contributed by atoms with Crippen LogP contribution in [0.2, 0.25) is 10.0 Å². The second kappa shape index (κ2) is 11.3. The number of hydrogen-bond acceptors (Lipinski definition) is 4. The fourth-order valence-electron chi connectivity index (χ4n) is 5.50. The summed E-state index contributed by atoms with van der Waals surface area (Å²) in [5, 5.41) is 17.2. The molecule has 1 amide bonds. The maximum Gasteiger partial charge on any atom is 0.304 e. The number of morpholine rings is 1. The molecule has 5 atom stereocenters. The van der Waals surface area contributed by atoms with Crippen LogP contribution in [0.15, 0.2) is 48.5 Å². The molecule has 2 saturated heterocycles. The zero-order valence-corrected chi connectivity index (χ0v) is 21.3. The molecule has 0 radical (unpaired) electrons. The number of rotatable bonds is 8. The van der Waals surface area contributed by atoms with E-state index in [1.54, 1.807) is 0 Å². The van der Waals surface area contributed by atoms with Crippen molar-refractivity contribution in [1.82, 2.24) is 10.6 Å². The van der Waals surface area contributed by atoms with Crippen LogP contribution in [0.25, 0.3) is 0 Å². The molecule has 2 aromatic rings. The number of carboxylic acids is 1. The van der Waals surface area contributed by atoms with Crippen LogP contribution in [0.3, 0.4) is 0 Å². The molecule has 6 nitrogen and oxygen atoms in total. The summed E-state index contributed by atoms with van der Waals surface area (Å²) in [4.78, 5) is 24.2. The lowest BCUT2D eigenvalue weighted by molar-refractivity contribution is -0.142. The van der Waals surface area contributed by atoms with Gasteiger partial charge in [-0.25, -0.2) is 0 Å². The third-order valence-electron chi connectivity index (χ3n) is 7.54. The lowest BCUT2D eigenvalue weighted by Gasteiger charge is -2.43. The molecule has 0 spiro atoms. The second-order valence-corrected chi connectivity index (χ2v) is 10.7. The van der Waals surface area contributed by atoms with Crippen LogP contribution < -0.4 is 10.6 Å². The van der Waals surface area contributed by atoms with E-state index in [-0.39, 0.29) is 35.8 Å². The van der Waals surface area contributed by atoms with Gasteiger partial charge in [-0.2, -0.15) is 0 Å². The average Bonchev–Trinajstić information content (AvgIpc) is 2.84. The van der Waals surface area contributed by atoms with E-state index in [9.17, 15) is 14.7 Å². The summed E-state index contributed by atoms with van der Waals surface area (Å²) in [6.07, 6.45) is 1.75. The summed E-state index contributed by atoms with van der Waals surface area (Å²) < 4.78 is 6.21. The number of carboxylic acid groups (broad SMARTS) is 1. The van der Waals surface area contributed by atoms with Crippen LogP contribution in [0.4, 0.5) is 0 Å². The molecule has 2 aliphatic rings. The van der Waals surface area contributed by atoms with Crippen LogP contribution in [-0.2, 0) is 19.7 Å². The lowest BCUT2D eigenvalue weighted by atomic mass is 9.70. The number of amides is 1. The van der Waals surface area contributed by atoms with Crippen LogP contribution in [-0.4, -0.2) is 48.8 Å². The number of piperidine rings is 1. The van der Waals surface area contributed by atoms with E-state index in [2.05, 4.69) is 29.7 Å². The fourth-order valence-corrected chi connectivity index (χ4v) is 5.82. The first-order valence-corrected chi connectivity index (χ1v) is 12.9. The van der Waals surface area contributed by atoms with Gasteiger partial charge in [0.2, 0.25) is 5.91 Å². The Balaban J connectivity index is 1.60. The molecule has 2 heterocycles. The Morgan fingerprint density at radius 3 is 2.60 bits per heavy atom.